The van der Waals surface area contributed by atoms with Crippen molar-refractivity contribution in [2.24, 2.45) is 0 Å². The summed E-state index contributed by atoms with van der Waals surface area (Å²) >= 11 is 2.25. The van der Waals surface area contributed by atoms with E-state index in [2.05, 4.69) is 28.3 Å². The second-order valence-electron chi connectivity index (χ2n) is 6.44. The first kappa shape index (κ1) is 22.1. The van der Waals surface area contributed by atoms with Gasteiger partial charge in [-0.25, -0.2) is 0 Å². The molecule has 148 valence electrons. The molecule has 2 atom stereocenters. The van der Waals surface area contributed by atoms with Crippen molar-refractivity contribution < 1.29 is 25.5 Å². The average Bonchev–Trinajstić information content (AvgIpc) is 2.72. The summed E-state index contributed by atoms with van der Waals surface area (Å²) in [6.45, 7) is 1.74. The van der Waals surface area contributed by atoms with Gasteiger partial charge in [-0.3, -0.25) is 0 Å². The number of aliphatic hydroxyl groups excluding tert-OH is 1. The Labute approximate surface area is 178 Å². The van der Waals surface area contributed by atoms with Gasteiger partial charge in [0.2, 0.25) is 0 Å². The smallest absolute Gasteiger partial charge is 0.133 e. The maximum absolute atomic E-state index is 10.8. The second kappa shape index (κ2) is 10.4. The number of hydrogen-bond donors (Lipinski definition) is 2. The van der Waals surface area contributed by atoms with Crippen molar-refractivity contribution >= 4 is 39.3 Å². The van der Waals surface area contributed by atoms with Crippen LogP contribution in [0, 0.1) is 3.57 Å². The number of carboxylic acids is 1. The fourth-order valence-corrected chi connectivity index (χ4v) is 2.97. The van der Waals surface area contributed by atoms with Crippen LogP contribution in [0.4, 0.5) is 0 Å². The Kier molecular flexibility index (Phi) is 8.22. The number of rotatable bonds is 5. The highest BCUT2D eigenvalue weighted by Crippen LogP contribution is 2.24. The third-order valence-corrected chi connectivity index (χ3v) is 5.21. The number of carbonyl (C=O) groups is 1. The molecule has 0 aliphatic carbocycles. The van der Waals surface area contributed by atoms with Gasteiger partial charge in [-0.15, -0.1) is 0 Å². The van der Waals surface area contributed by atoms with Gasteiger partial charge in [-0.2, -0.15) is 0 Å². The van der Waals surface area contributed by atoms with Crippen LogP contribution in [-0.4, -0.2) is 24.8 Å². The quantitative estimate of drug-likeness (QED) is 0.533. The monoisotopic (exact) mass is 493 g/mol. The van der Waals surface area contributed by atoms with E-state index in [-0.39, 0.29) is 12.6 Å². The maximum Gasteiger partial charge on any atom is 0.133 e. The highest BCUT2D eigenvalue weighted by Gasteiger charge is 2.07. The number of benzene rings is 3. The van der Waals surface area contributed by atoms with E-state index in [9.17, 15) is 9.90 Å². The lowest BCUT2D eigenvalue weighted by Crippen LogP contribution is -2.55. The zero-order valence-electron chi connectivity index (χ0n) is 15.9. The largest absolute Gasteiger partial charge is 0.550 e. The van der Waals surface area contributed by atoms with Crippen molar-refractivity contribution in [3.05, 3.63) is 75.4 Å². The molecule has 6 heteroatoms. The Morgan fingerprint density at radius 3 is 2.21 bits per heavy atom. The zero-order valence-corrected chi connectivity index (χ0v) is 18.0. The van der Waals surface area contributed by atoms with Crippen molar-refractivity contribution in [3.63, 3.8) is 0 Å². The molecule has 0 amide bonds. The third kappa shape index (κ3) is 5.92. The summed E-state index contributed by atoms with van der Waals surface area (Å²) in [6, 6.07) is 19.3. The minimum Gasteiger partial charge on any atom is -0.550 e. The number of fused-ring (bicyclic) bond motifs is 1. The van der Waals surface area contributed by atoms with Crippen molar-refractivity contribution in [2.45, 2.75) is 18.9 Å². The Bertz CT molecular complexity index is 927. The van der Waals surface area contributed by atoms with Gasteiger partial charge in [0.15, 0.2) is 0 Å². The fraction of sp³-hybridized carbons (Fsp3) is 0.227. The van der Waals surface area contributed by atoms with E-state index in [4.69, 9.17) is 9.84 Å². The van der Waals surface area contributed by atoms with E-state index in [1.807, 2.05) is 60.7 Å². The number of methoxy groups -OCH3 is 1. The van der Waals surface area contributed by atoms with Crippen LogP contribution < -0.4 is 15.6 Å². The molecule has 0 heterocycles. The molecule has 0 aromatic heterocycles. The molecule has 3 aromatic rings. The molecular weight excluding hydrogens is 469 g/mol. The van der Waals surface area contributed by atoms with E-state index in [0.29, 0.717) is 0 Å². The van der Waals surface area contributed by atoms with Crippen LogP contribution in [0.2, 0.25) is 0 Å². The van der Waals surface area contributed by atoms with Gasteiger partial charge in [0.1, 0.15) is 11.8 Å². The number of aliphatic carboxylic acids is 1. The molecule has 4 N–H and O–H groups in total. The lowest BCUT2D eigenvalue weighted by atomic mass is 9.98. The van der Waals surface area contributed by atoms with E-state index in [1.54, 1.807) is 14.0 Å². The summed E-state index contributed by atoms with van der Waals surface area (Å²) in [4.78, 5) is 10.8. The minimum atomic E-state index is -1.06. The number of halogens is 1. The topological polar surface area (TPSA) is 97.2 Å². The van der Waals surface area contributed by atoms with Crippen molar-refractivity contribution in [3.8, 4) is 5.75 Å². The standard InChI is InChI=1S/C14H14O3.C8H10INO/c1-9(14(15)16)10-3-4-12-8-13(17-2)6-5-11(12)7-10;9-7-3-1-6(2-4-7)8(10)5-11/h3-9H,1-2H3,(H,15,16);1-4,8,11H,5,10H2/t9-;/m0./s1. The Morgan fingerprint density at radius 2 is 1.64 bits per heavy atom. The number of aliphatic hydroxyl groups is 1. The maximum atomic E-state index is 10.8. The molecule has 0 bridgehead atoms. The molecule has 0 saturated heterocycles. The van der Waals surface area contributed by atoms with Gasteiger partial charge in [0.25, 0.3) is 0 Å². The van der Waals surface area contributed by atoms with E-state index >= 15 is 0 Å². The molecule has 0 aliphatic rings. The van der Waals surface area contributed by atoms with Crippen LogP contribution in [-0.2, 0) is 4.79 Å². The number of hydrogen-bond acceptors (Lipinski definition) is 4. The number of quaternary nitrogens is 1. The Balaban J connectivity index is 0.000000221. The zero-order chi connectivity index (χ0) is 20.7. The summed E-state index contributed by atoms with van der Waals surface area (Å²) < 4.78 is 6.34. The minimum absolute atomic E-state index is 0.00648. The van der Waals surface area contributed by atoms with E-state index in [0.717, 1.165) is 27.6 Å². The Hall–Kier alpha value is -2.16. The van der Waals surface area contributed by atoms with Gasteiger partial charge >= 0.3 is 0 Å². The summed E-state index contributed by atoms with van der Waals surface area (Å²) in [5.41, 5.74) is 5.65. The van der Waals surface area contributed by atoms with Crippen LogP contribution in [0.15, 0.2) is 60.7 Å². The summed E-state index contributed by atoms with van der Waals surface area (Å²) in [5, 5.41) is 21.6. The van der Waals surface area contributed by atoms with Crippen LogP contribution in [0.3, 0.4) is 0 Å². The SMILES string of the molecule is COc1ccc2cc([C@H](C)C(=O)[O-])ccc2c1.[NH3+]C(CO)c1ccc(I)cc1. The normalized spacial score (nSPS) is 12.6. The van der Waals surface area contributed by atoms with Gasteiger partial charge in [-0.05, 0) is 63.2 Å². The van der Waals surface area contributed by atoms with Crippen molar-refractivity contribution in [1.82, 2.24) is 0 Å². The predicted octanol–water partition coefficient (Wildman–Crippen LogP) is 2.27. The highest BCUT2D eigenvalue weighted by molar-refractivity contribution is 14.1. The lowest BCUT2D eigenvalue weighted by molar-refractivity contribution is -0.432. The molecule has 5 nitrogen and oxygen atoms in total. The van der Waals surface area contributed by atoms with Crippen molar-refractivity contribution in [2.75, 3.05) is 13.7 Å². The number of ether oxygens (including phenoxy) is 1. The molecular formula is C22H24INO4. The molecule has 1 unspecified atom stereocenters. The van der Waals surface area contributed by atoms with E-state index in [1.165, 1.54) is 3.57 Å². The highest BCUT2D eigenvalue weighted by atomic mass is 127. The molecule has 0 aliphatic heterocycles. The summed E-state index contributed by atoms with van der Waals surface area (Å²) in [7, 11) is 1.62. The van der Waals surface area contributed by atoms with Crippen molar-refractivity contribution in [1.29, 1.82) is 0 Å². The van der Waals surface area contributed by atoms with Gasteiger partial charge in [0, 0.05) is 21.0 Å². The van der Waals surface area contributed by atoms with Crippen LogP contribution in [0.25, 0.3) is 10.8 Å². The predicted molar refractivity (Wildman–Crippen MR) is 116 cm³/mol. The first-order valence-corrected chi connectivity index (χ1v) is 9.91. The fourth-order valence-electron chi connectivity index (χ4n) is 2.62. The van der Waals surface area contributed by atoms with Gasteiger partial charge in [-0.1, -0.05) is 43.3 Å². The molecule has 0 radical (unpaired) electrons. The Morgan fingerprint density at radius 1 is 1.07 bits per heavy atom. The van der Waals surface area contributed by atoms with Crippen LogP contribution in [0.5, 0.6) is 5.75 Å². The lowest BCUT2D eigenvalue weighted by Gasteiger charge is -2.13. The molecule has 0 spiro atoms. The van der Waals surface area contributed by atoms with Crippen LogP contribution >= 0.6 is 22.6 Å². The molecule has 0 saturated carbocycles. The molecule has 3 aromatic carbocycles. The summed E-state index contributed by atoms with van der Waals surface area (Å²) in [5.74, 6) is -0.863. The third-order valence-electron chi connectivity index (χ3n) is 4.49. The van der Waals surface area contributed by atoms with Gasteiger partial charge < -0.3 is 25.5 Å². The van der Waals surface area contributed by atoms with Crippen LogP contribution in [0.1, 0.15) is 30.0 Å². The molecule has 28 heavy (non-hydrogen) atoms. The number of carbonyl (C=O) groups excluding carboxylic acids is 1. The molecule has 0 fully saturated rings. The van der Waals surface area contributed by atoms with Gasteiger partial charge in [0.05, 0.1) is 13.7 Å². The van der Waals surface area contributed by atoms with E-state index < -0.39 is 11.9 Å². The number of carboxylic acid groups (broad SMARTS) is 1. The first-order valence-electron chi connectivity index (χ1n) is 8.83. The second-order valence-corrected chi connectivity index (χ2v) is 7.69. The molecule has 3 rings (SSSR count). The first-order chi connectivity index (χ1) is 13.3. The summed E-state index contributed by atoms with van der Waals surface area (Å²) in [6.07, 6.45) is 0. The average molecular weight is 493 g/mol.